The molecule has 0 saturated heterocycles. The van der Waals surface area contributed by atoms with Crippen molar-refractivity contribution >= 4 is 11.6 Å². The van der Waals surface area contributed by atoms with E-state index >= 15 is 0 Å². The molecule has 0 aliphatic rings. The average molecular weight is 288 g/mol. The third-order valence-corrected chi connectivity index (χ3v) is 1.95. The summed E-state index contributed by atoms with van der Waals surface area (Å²) in [6, 6.07) is 3.42. The number of hydrogen-bond donors (Lipinski definition) is 3. The maximum atomic E-state index is 8.25. The van der Waals surface area contributed by atoms with E-state index in [2.05, 4.69) is 4.99 Å². The number of nitrogens with zero attached hydrogens (tertiary/aromatic N) is 1. The molecule has 0 bridgehead atoms. The molecular weight excluding hydrogens is 272 g/mol. The van der Waals surface area contributed by atoms with Crippen LogP contribution in [0.2, 0.25) is 0 Å². The molecule has 0 saturated carbocycles. The SMILES string of the molecule is COc1cc([NH+]=C(N)N)cc(OC)c1OC.O=[N+]([O-])[O-]. The molecule has 0 spiro atoms. The summed E-state index contributed by atoms with van der Waals surface area (Å²) < 4.78 is 15.5. The van der Waals surface area contributed by atoms with Gasteiger partial charge >= 0.3 is 5.96 Å². The third kappa shape index (κ3) is 5.62. The lowest BCUT2D eigenvalue weighted by molar-refractivity contribution is -0.402. The summed E-state index contributed by atoms with van der Waals surface area (Å²) in [6.45, 7) is 0. The van der Waals surface area contributed by atoms with Gasteiger partial charge in [-0.3, -0.25) is 11.5 Å². The lowest BCUT2D eigenvalue weighted by Crippen LogP contribution is -2.72. The highest BCUT2D eigenvalue weighted by Gasteiger charge is 2.13. The van der Waals surface area contributed by atoms with Gasteiger partial charge in [0.15, 0.2) is 11.5 Å². The van der Waals surface area contributed by atoms with Crippen LogP contribution in [0, 0.1) is 15.3 Å². The first-order valence-electron chi connectivity index (χ1n) is 5.12. The van der Waals surface area contributed by atoms with Crippen molar-refractivity contribution in [3.63, 3.8) is 0 Å². The molecule has 0 atom stereocenters. The van der Waals surface area contributed by atoms with Gasteiger partial charge in [-0.2, -0.15) is 0 Å². The van der Waals surface area contributed by atoms with Crippen molar-refractivity contribution in [2.24, 2.45) is 11.5 Å². The zero-order valence-electron chi connectivity index (χ0n) is 11.2. The van der Waals surface area contributed by atoms with Crippen LogP contribution in [0.3, 0.4) is 0 Å². The number of rotatable bonds is 4. The van der Waals surface area contributed by atoms with E-state index in [1.54, 1.807) is 12.1 Å². The first-order valence-corrected chi connectivity index (χ1v) is 5.12. The van der Waals surface area contributed by atoms with E-state index in [-0.39, 0.29) is 5.96 Å². The minimum Gasteiger partial charge on any atom is -0.493 e. The van der Waals surface area contributed by atoms with Crippen LogP contribution in [0.15, 0.2) is 12.1 Å². The summed E-state index contributed by atoms with van der Waals surface area (Å²) in [5, 5.41) is 14.8. The molecule has 0 amide bonds. The van der Waals surface area contributed by atoms with Crippen LogP contribution in [0.5, 0.6) is 17.2 Å². The van der Waals surface area contributed by atoms with Gasteiger partial charge in [-0.15, -0.1) is 0 Å². The molecule has 0 aliphatic heterocycles. The lowest BCUT2D eigenvalue weighted by atomic mass is 10.2. The number of nitrogens with one attached hydrogen (secondary N) is 1. The van der Waals surface area contributed by atoms with Crippen molar-refractivity contribution in [1.29, 1.82) is 0 Å². The molecule has 1 aromatic rings. The maximum absolute atomic E-state index is 8.25. The van der Waals surface area contributed by atoms with Crippen LogP contribution in [-0.2, 0) is 0 Å². The van der Waals surface area contributed by atoms with Gasteiger partial charge in [0, 0.05) is 12.1 Å². The molecule has 0 unspecified atom stereocenters. The molecule has 10 heteroatoms. The highest BCUT2D eigenvalue weighted by atomic mass is 16.9. The van der Waals surface area contributed by atoms with Crippen LogP contribution in [-0.4, -0.2) is 32.4 Å². The molecule has 0 fully saturated rings. The molecule has 5 N–H and O–H groups in total. The predicted molar refractivity (Wildman–Crippen MR) is 70.5 cm³/mol. The monoisotopic (exact) mass is 288 g/mol. The fourth-order valence-corrected chi connectivity index (χ4v) is 1.32. The van der Waals surface area contributed by atoms with Crippen LogP contribution in [0.1, 0.15) is 0 Å². The van der Waals surface area contributed by atoms with E-state index in [9.17, 15) is 0 Å². The Bertz CT molecular complexity index is 458. The van der Waals surface area contributed by atoms with Gasteiger partial charge in [-0.05, 0) is 0 Å². The van der Waals surface area contributed by atoms with Crippen molar-refractivity contribution in [2.75, 3.05) is 21.3 Å². The van der Waals surface area contributed by atoms with Crippen molar-refractivity contribution < 1.29 is 24.3 Å². The summed E-state index contributed by atoms with van der Waals surface area (Å²) in [5.74, 6) is 1.68. The van der Waals surface area contributed by atoms with Crippen molar-refractivity contribution in [3.8, 4) is 17.2 Å². The Balaban J connectivity index is 0.000000796. The van der Waals surface area contributed by atoms with E-state index in [4.69, 9.17) is 41.0 Å². The maximum Gasteiger partial charge on any atom is 0.343 e. The fraction of sp³-hybridized carbons (Fsp3) is 0.300. The summed E-state index contributed by atoms with van der Waals surface area (Å²) in [5.41, 5.74) is 11.4. The smallest absolute Gasteiger partial charge is 0.343 e. The predicted octanol–water partition coefficient (Wildman–Crippen LogP) is -1.54. The van der Waals surface area contributed by atoms with Gasteiger partial charge < -0.3 is 29.5 Å². The van der Waals surface area contributed by atoms with Crippen LogP contribution < -0.4 is 30.7 Å². The normalized spacial score (nSPS) is 8.75. The van der Waals surface area contributed by atoms with Crippen LogP contribution in [0.25, 0.3) is 0 Å². The van der Waals surface area contributed by atoms with Gasteiger partial charge in [-0.1, -0.05) is 0 Å². The van der Waals surface area contributed by atoms with Gasteiger partial charge in [-0.25, -0.2) is 4.99 Å². The second-order valence-corrected chi connectivity index (χ2v) is 3.22. The second-order valence-electron chi connectivity index (χ2n) is 3.22. The number of ether oxygens (including phenoxy) is 3. The van der Waals surface area contributed by atoms with Gasteiger partial charge in [0.25, 0.3) is 0 Å². The van der Waals surface area contributed by atoms with E-state index in [0.29, 0.717) is 22.9 Å². The Morgan fingerprint density at radius 2 is 1.50 bits per heavy atom. The van der Waals surface area contributed by atoms with Crippen LogP contribution in [0.4, 0.5) is 5.69 Å². The number of benzene rings is 1. The van der Waals surface area contributed by atoms with Crippen molar-refractivity contribution in [2.45, 2.75) is 0 Å². The highest BCUT2D eigenvalue weighted by molar-refractivity contribution is 5.71. The molecule has 0 aliphatic carbocycles. The molecule has 1 rings (SSSR count). The molecule has 0 radical (unpaired) electrons. The zero-order valence-corrected chi connectivity index (χ0v) is 11.2. The van der Waals surface area contributed by atoms with Gasteiger partial charge in [0.2, 0.25) is 5.75 Å². The molecule has 112 valence electrons. The minimum atomic E-state index is -1.75. The van der Waals surface area contributed by atoms with Crippen LogP contribution >= 0.6 is 0 Å². The van der Waals surface area contributed by atoms with Crippen molar-refractivity contribution in [1.82, 2.24) is 0 Å². The average Bonchev–Trinajstić information content (AvgIpc) is 2.36. The Morgan fingerprint density at radius 3 is 1.75 bits per heavy atom. The largest absolute Gasteiger partial charge is 0.493 e. The number of hydrogen-bond acceptors (Lipinski definition) is 6. The summed E-state index contributed by atoms with van der Waals surface area (Å²) >= 11 is 0. The molecule has 1 aromatic carbocycles. The summed E-state index contributed by atoms with van der Waals surface area (Å²) in [4.78, 5) is 11.0. The topological polar surface area (TPSA) is 160 Å². The van der Waals surface area contributed by atoms with Gasteiger partial charge in [0.1, 0.15) is 5.69 Å². The van der Waals surface area contributed by atoms with E-state index in [1.807, 2.05) is 0 Å². The van der Waals surface area contributed by atoms with Crippen molar-refractivity contribution in [3.05, 3.63) is 27.5 Å². The second kappa shape index (κ2) is 8.24. The summed E-state index contributed by atoms with van der Waals surface area (Å²) in [7, 11) is 4.62. The molecule has 20 heavy (non-hydrogen) atoms. The first-order chi connectivity index (χ1) is 9.35. The molecule has 0 aromatic heterocycles. The highest BCUT2D eigenvalue weighted by Crippen LogP contribution is 2.38. The molecular formula is C10H16N4O6. The van der Waals surface area contributed by atoms with E-state index in [1.165, 1.54) is 21.3 Å². The van der Waals surface area contributed by atoms with E-state index < -0.39 is 5.09 Å². The molecule has 10 nitrogen and oxygen atoms in total. The minimum absolute atomic E-state index is 0.0919. The Labute approximate surface area is 114 Å². The lowest BCUT2D eigenvalue weighted by Gasteiger charge is -2.12. The number of methoxy groups -OCH3 is 3. The Morgan fingerprint density at radius 1 is 1.10 bits per heavy atom. The Hall–Kier alpha value is -2.91. The third-order valence-electron chi connectivity index (χ3n) is 1.95. The van der Waals surface area contributed by atoms with Gasteiger partial charge in [0.05, 0.1) is 26.4 Å². The first kappa shape index (κ1) is 17.1. The number of nitrogens with two attached hydrogens (primary N) is 2. The fourth-order valence-electron chi connectivity index (χ4n) is 1.32. The zero-order chi connectivity index (χ0) is 15.7. The van der Waals surface area contributed by atoms with E-state index in [0.717, 1.165) is 0 Å². The number of guanidine groups is 1. The quantitative estimate of drug-likeness (QED) is 0.260. The molecule has 0 heterocycles. The summed E-state index contributed by atoms with van der Waals surface area (Å²) in [6.07, 6.45) is 0. The standard InChI is InChI=1S/C10H15N3O3.NO3/c1-14-7-4-6(13-10(11)12)5-8(15-2)9(7)16-3;2-1(3)4/h4-5H,1-3H3,(H4,11,12,13);/q;-1/p+1. The Kier molecular flexibility index (Phi) is 7.04.